The minimum Gasteiger partial charge on any atom is -0.397 e. The van der Waals surface area contributed by atoms with E-state index in [1.807, 2.05) is 13.1 Å². The molecule has 0 atom stereocenters. The third kappa shape index (κ3) is 4.45. The van der Waals surface area contributed by atoms with Crippen molar-refractivity contribution in [3.63, 3.8) is 0 Å². The van der Waals surface area contributed by atoms with Crippen LogP contribution in [0.1, 0.15) is 13.8 Å². The number of hydrogen-bond donors (Lipinski definition) is 2. The Balaban J connectivity index is 2.59. The highest BCUT2D eigenvalue weighted by Gasteiger charge is 2.10. The summed E-state index contributed by atoms with van der Waals surface area (Å²) in [4.78, 5) is 13.5. The maximum Gasteiger partial charge on any atom is 0.239 e. The first-order valence-corrected chi connectivity index (χ1v) is 6.30. The number of nitrogens with two attached hydrogens (primary N) is 1. The fourth-order valence-electron chi connectivity index (χ4n) is 1.55. The van der Waals surface area contributed by atoms with Crippen LogP contribution in [-0.4, -0.2) is 26.0 Å². The molecule has 100 valence electrons. The third-order valence-electron chi connectivity index (χ3n) is 2.49. The van der Waals surface area contributed by atoms with Gasteiger partial charge in [-0.15, -0.1) is 0 Å². The van der Waals surface area contributed by atoms with Crippen molar-refractivity contribution >= 4 is 28.9 Å². The third-order valence-corrected chi connectivity index (χ3v) is 2.72. The van der Waals surface area contributed by atoms with Crippen molar-refractivity contribution in [1.82, 2.24) is 5.32 Å². The van der Waals surface area contributed by atoms with Gasteiger partial charge in [0.05, 0.1) is 17.9 Å². The van der Waals surface area contributed by atoms with E-state index in [9.17, 15) is 4.79 Å². The predicted octanol–water partition coefficient (Wildman–Crippen LogP) is 2.13. The molecule has 0 bridgehead atoms. The summed E-state index contributed by atoms with van der Waals surface area (Å²) >= 11 is 5.83. The zero-order valence-electron chi connectivity index (χ0n) is 11.0. The van der Waals surface area contributed by atoms with Crippen LogP contribution in [0.15, 0.2) is 18.2 Å². The Bertz CT molecular complexity index is 421. The van der Waals surface area contributed by atoms with Crippen LogP contribution in [0.3, 0.4) is 0 Å². The van der Waals surface area contributed by atoms with Crippen LogP contribution in [0.2, 0.25) is 5.02 Å². The molecule has 1 amide bonds. The maximum atomic E-state index is 11.7. The smallest absolute Gasteiger partial charge is 0.239 e. The van der Waals surface area contributed by atoms with Crippen LogP contribution in [0.25, 0.3) is 0 Å². The molecule has 0 unspecified atom stereocenters. The van der Waals surface area contributed by atoms with Gasteiger partial charge in [0, 0.05) is 18.6 Å². The quantitative estimate of drug-likeness (QED) is 0.805. The zero-order valence-corrected chi connectivity index (χ0v) is 11.8. The fraction of sp³-hybridized carbons (Fsp3) is 0.462. The summed E-state index contributed by atoms with van der Waals surface area (Å²) in [6.07, 6.45) is 0. The lowest BCUT2D eigenvalue weighted by Gasteiger charge is -2.21. The molecule has 0 aliphatic carbocycles. The van der Waals surface area contributed by atoms with Gasteiger partial charge in [-0.3, -0.25) is 4.79 Å². The summed E-state index contributed by atoms with van der Waals surface area (Å²) in [5, 5.41) is 3.46. The number of likely N-dealkylation sites (N-methyl/N-ethyl adjacent to an activating group) is 1. The lowest BCUT2D eigenvalue weighted by molar-refractivity contribution is -0.119. The van der Waals surface area contributed by atoms with Gasteiger partial charge in [-0.05, 0) is 24.1 Å². The number of carbonyl (C=O) groups is 1. The molecule has 0 saturated heterocycles. The van der Waals surface area contributed by atoms with E-state index in [2.05, 4.69) is 19.2 Å². The summed E-state index contributed by atoms with van der Waals surface area (Å²) in [6, 6.07) is 5.25. The molecular formula is C13H20ClN3O. The van der Waals surface area contributed by atoms with Crippen molar-refractivity contribution < 1.29 is 4.79 Å². The predicted molar refractivity (Wildman–Crippen MR) is 77.0 cm³/mol. The molecule has 0 aromatic heterocycles. The van der Waals surface area contributed by atoms with E-state index in [4.69, 9.17) is 17.3 Å². The van der Waals surface area contributed by atoms with Gasteiger partial charge in [0.2, 0.25) is 5.91 Å². The summed E-state index contributed by atoms with van der Waals surface area (Å²) < 4.78 is 0. The second-order valence-electron chi connectivity index (χ2n) is 4.76. The highest BCUT2D eigenvalue weighted by molar-refractivity contribution is 6.31. The number of benzene rings is 1. The highest BCUT2D eigenvalue weighted by Crippen LogP contribution is 2.25. The Kier molecular flexibility index (Phi) is 5.28. The van der Waals surface area contributed by atoms with Gasteiger partial charge in [-0.2, -0.15) is 0 Å². The van der Waals surface area contributed by atoms with E-state index in [-0.39, 0.29) is 12.5 Å². The van der Waals surface area contributed by atoms with Crippen LogP contribution in [0.4, 0.5) is 11.4 Å². The SMILES string of the molecule is CC(C)CNC(=O)CN(C)c1ccc(Cl)cc1N. The number of carbonyl (C=O) groups excluding carboxylic acids is 1. The minimum absolute atomic E-state index is 0.0134. The van der Waals surface area contributed by atoms with Gasteiger partial charge < -0.3 is 16.0 Å². The van der Waals surface area contributed by atoms with Crippen molar-refractivity contribution in [3.05, 3.63) is 23.2 Å². The first kappa shape index (κ1) is 14.6. The van der Waals surface area contributed by atoms with Crippen LogP contribution in [-0.2, 0) is 4.79 Å². The van der Waals surface area contributed by atoms with Crippen LogP contribution in [0, 0.1) is 5.92 Å². The van der Waals surface area contributed by atoms with E-state index in [0.717, 1.165) is 5.69 Å². The second kappa shape index (κ2) is 6.50. The molecule has 18 heavy (non-hydrogen) atoms. The van der Waals surface area contributed by atoms with Gasteiger partial charge >= 0.3 is 0 Å². The summed E-state index contributed by atoms with van der Waals surface area (Å²) in [7, 11) is 1.83. The van der Waals surface area contributed by atoms with E-state index >= 15 is 0 Å². The number of amides is 1. The van der Waals surface area contributed by atoms with Crippen molar-refractivity contribution in [1.29, 1.82) is 0 Å². The molecular weight excluding hydrogens is 250 g/mol. The number of nitrogens with zero attached hydrogens (tertiary/aromatic N) is 1. The molecule has 4 nitrogen and oxygen atoms in total. The molecule has 0 spiro atoms. The minimum atomic E-state index is -0.0134. The average molecular weight is 270 g/mol. The fourth-order valence-corrected chi connectivity index (χ4v) is 1.73. The molecule has 0 heterocycles. The number of hydrogen-bond acceptors (Lipinski definition) is 3. The van der Waals surface area contributed by atoms with Gasteiger partial charge in [-0.1, -0.05) is 25.4 Å². The molecule has 1 aromatic rings. The zero-order chi connectivity index (χ0) is 13.7. The van der Waals surface area contributed by atoms with E-state index in [1.165, 1.54) is 0 Å². The molecule has 0 radical (unpaired) electrons. The largest absolute Gasteiger partial charge is 0.397 e. The summed E-state index contributed by atoms with van der Waals surface area (Å²) in [6.45, 7) is 5.07. The topological polar surface area (TPSA) is 58.4 Å². The van der Waals surface area contributed by atoms with Crippen LogP contribution < -0.4 is 16.0 Å². The van der Waals surface area contributed by atoms with Gasteiger partial charge in [0.25, 0.3) is 0 Å². The molecule has 1 rings (SSSR count). The molecule has 3 N–H and O–H groups in total. The van der Waals surface area contributed by atoms with Gasteiger partial charge in [0.15, 0.2) is 0 Å². The van der Waals surface area contributed by atoms with E-state index in [1.54, 1.807) is 17.0 Å². The first-order chi connectivity index (χ1) is 8.40. The number of halogens is 1. The van der Waals surface area contributed by atoms with E-state index < -0.39 is 0 Å². The van der Waals surface area contributed by atoms with E-state index in [0.29, 0.717) is 23.2 Å². The molecule has 0 saturated carbocycles. The number of nitrogen functional groups attached to an aromatic ring is 1. The normalized spacial score (nSPS) is 10.5. The van der Waals surface area contributed by atoms with Crippen molar-refractivity contribution in [2.24, 2.45) is 5.92 Å². The van der Waals surface area contributed by atoms with Crippen LogP contribution >= 0.6 is 11.6 Å². The molecule has 0 aliphatic heterocycles. The molecule has 5 heteroatoms. The maximum absolute atomic E-state index is 11.7. The number of anilines is 2. The van der Waals surface area contributed by atoms with Crippen molar-refractivity contribution in [2.45, 2.75) is 13.8 Å². The molecule has 0 fully saturated rings. The Hall–Kier alpha value is -1.42. The lowest BCUT2D eigenvalue weighted by atomic mass is 10.2. The second-order valence-corrected chi connectivity index (χ2v) is 5.19. The average Bonchev–Trinajstić information content (AvgIpc) is 2.26. The number of rotatable bonds is 5. The Morgan fingerprint density at radius 1 is 1.50 bits per heavy atom. The van der Waals surface area contributed by atoms with Gasteiger partial charge in [0.1, 0.15) is 0 Å². The monoisotopic (exact) mass is 269 g/mol. The van der Waals surface area contributed by atoms with Gasteiger partial charge in [-0.25, -0.2) is 0 Å². The lowest BCUT2D eigenvalue weighted by Crippen LogP contribution is -2.37. The Labute approximate surface area is 113 Å². The molecule has 0 aliphatic rings. The standard InChI is InChI=1S/C13H20ClN3O/c1-9(2)7-16-13(18)8-17(3)12-5-4-10(14)6-11(12)15/h4-6,9H,7-8,15H2,1-3H3,(H,16,18). The van der Waals surface area contributed by atoms with Crippen molar-refractivity contribution in [2.75, 3.05) is 30.8 Å². The number of nitrogens with one attached hydrogen (secondary N) is 1. The Morgan fingerprint density at radius 2 is 2.17 bits per heavy atom. The molecule has 1 aromatic carbocycles. The Morgan fingerprint density at radius 3 is 2.72 bits per heavy atom. The highest BCUT2D eigenvalue weighted by atomic mass is 35.5. The first-order valence-electron chi connectivity index (χ1n) is 5.93. The van der Waals surface area contributed by atoms with Crippen LogP contribution in [0.5, 0.6) is 0 Å². The summed E-state index contributed by atoms with van der Waals surface area (Å²) in [5.74, 6) is 0.431. The summed E-state index contributed by atoms with van der Waals surface area (Å²) in [5.41, 5.74) is 7.24. The van der Waals surface area contributed by atoms with Crippen molar-refractivity contribution in [3.8, 4) is 0 Å².